The van der Waals surface area contributed by atoms with Crippen molar-refractivity contribution in [3.63, 3.8) is 0 Å². The smallest absolute Gasteiger partial charge is 0.130 e. The van der Waals surface area contributed by atoms with E-state index in [9.17, 15) is 5.11 Å². The number of fused-ring (bicyclic) bond motifs is 1. The summed E-state index contributed by atoms with van der Waals surface area (Å²) < 4.78 is 10.5. The highest BCUT2D eigenvalue weighted by molar-refractivity contribution is 5.87. The third kappa shape index (κ3) is 2.30. The molecular formula is C15H13NO3. The van der Waals surface area contributed by atoms with Crippen molar-refractivity contribution in [2.75, 3.05) is 0 Å². The van der Waals surface area contributed by atoms with Gasteiger partial charge >= 0.3 is 0 Å². The summed E-state index contributed by atoms with van der Waals surface area (Å²) >= 11 is 0. The summed E-state index contributed by atoms with van der Waals surface area (Å²) in [5.41, 5.74) is 1.66. The van der Waals surface area contributed by atoms with Crippen LogP contribution < -0.4 is 4.74 Å². The van der Waals surface area contributed by atoms with Crippen molar-refractivity contribution in [2.45, 2.75) is 13.2 Å². The molecule has 0 bridgehead atoms. The van der Waals surface area contributed by atoms with Gasteiger partial charge < -0.3 is 14.4 Å². The number of aliphatic hydroxyl groups is 1. The quantitative estimate of drug-likeness (QED) is 0.778. The van der Waals surface area contributed by atoms with E-state index in [0.29, 0.717) is 12.4 Å². The molecule has 4 heteroatoms. The zero-order chi connectivity index (χ0) is 13.1. The van der Waals surface area contributed by atoms with Crippen LogP contribution in [0, 0.1) is 0 Å². The van der Waals surface area contributed by atoms with Gasteiger partial charge in [-0.3, -0.25) is 0 Å². The standard InChI is InChI=1S/C15H13NO3/c17-8-14-13-4-2-1-3-12(13)5-6-15(14)18-9-11-7-16-19-10-11/h1-7,10,17H,8-9H2. The summed E-state index contributed by atoms with van der Waals surface area (Å²) in [5, 5.41) is 15.3. The first-order chi connectivity index (χ1) is 9.38. The largest absolute Gasteiger partial charge is 0.488 e. The highest BCUT2D eigenvalue weighted by Gasteiger charge is 2.08. The number of hydrogen-bond donors (Lipinski definition) is 1. The summed E-state index contributed by atoms with van der Waals surface area (Å²) in [6.07, 6.45) is 3.15. The summed E-state index contributed by atoms with van der Waals surface area (Å²) in [6, 6.07) is 11.8. The molecule has 0 saturated heterocycles. The lowest BCUT2D eigenvalue weighted by molar-refractivity contribution is 0.260. The van der Waals surface area contributed by atoms with Crippen molar-refractivity contribution in [3.05, 3.63) is 60.0 Å². The van der Waals surface area contributed by atoms with Gasteiger partial charge in [0.1, 0.15) is 18.6 Å². The van der Waals surface area contributed by atoms with Gasteiger partial charge in [0.2, 0.25) is 0 Å². The highest BCUT2D eigenvalue weighted by atomic mass is 16.5. The van der Waals surface area contributed by atoms with Crippen LogP contribution in [0.15, 0.2) is 53.4 Å². The summed E-state index contributed by atoms with van der Waals surface area (Å²) in [6.45, 7) is 0.315. The molecule has 4 nitrogen and oxygen atoms in total. The maximum Gasteiger partial charge on any atom is 0.130 e. The summed E-state index contributed by atoms with van der Waals surface area (Å²) in [5.74, 6) is 0.683. The van der Waals surface area contributed by atoms with Crippen molar-refractivity contribution in [1.29, 1.82) is 0 Å². The van der Waals surface area contributed by atoms with Crippen LogP contribution in [-0.2, 0) is 13.2 Å². The molecule has 0 saturated carbocycles. The minimum atomic E-state index is -0.0552. The van der Waals surface area contributed by atoms with Crippen LogP contribution in [0.4, 0.5) is 0 Å². The second-order valence-corrected chi connectivity index (χ2v) is 4.24. The minimum absolute atomic E-state index is 0.0552. The Morgan fingerprint density at radius 3 is 2.84 bits per heavy atom. The molecule has 0 fully saturated rings. The van der Waals surface area contributed by atoms with E-state index in [1.807, 2.05) is 36.4 Å². The van der Waals surface area contributed by atoms with Gasteiger partial charge in [-0.15, -0.1) is 0 Å². The SMILES string of the molecule is OCc1c(OCc2cnoc2)ccc2ccccc12. The summed E-state index contributed by atoms with van der Waals surface area (Å²) in [4.78, 5) is 0. The van der Waals surface area contributed by atoms with Crippen LogP contribution in [0.2, 0.25) is 0 Å². The van der Waals surface area contributed by atoms with Gasteiger partial charge in [0, 0.05) is 11.1 Å². The van der Waals surface area contributed by atoms with Gasteiger partial charge in [0.05, 0.1) is 12.8 Å². The number of benzene rings is 2. The Balaban J connectivity index is 1.94. The molecule has 3 aromatic rings. The number of nitrogens with zero attached hydrogens (tertiary/aromatic N) is 1. The van der Waals surface area contributed by atoms with Gasteiger partial charge in [-0.1, -0.05) is 35.5 Å². The van der Waals surface area contributed by atoms with Crippen molar-refractivity contribution in [1.82, 2.24) is 5.16 Å². The van der Waals surface area contributed by atoms with E-state index in [-0.39, 0.29) is 6.61 Å². The van der Waals surface area contributed by atoms with E-state index >= 15 is 0 Å². The van der Waals surface area contributed by atoms with Crippen LogP contribution in [0.25, 0.3) is 10.8 Å². The van der Waals surface area contributed by atoms with E-state index in [1.165, 1.54) is 0 Å². The zero-order valence-corrected chi connectivity index (χ0v) is 10.2. The third-order valence-electron chi connectivity index (χ3n) is 3.03. The average Bonchev–Trinajstić information content (AvgIpc) is 2.97. The lowest BCUT2D eigenvalue weighted by Gasteiger charge is -2.11. The molecule has 0 radical (unpaired) electrons. The fraction of sp³-hybridized carbons (Fsp3) is 0.133. The molecule has 0 unspecified atom stereocenters. The van der Waals surface area contributed by atoms with Crippen molar-refractivity contribution in [2.24, 2.45) is 0 Å². The Morgan fingerprint density at radius 1 is 1.16 bits per heavy atom. The minimum Gasteiger partial charge on any atom is -0.488 e. The molecule has 19 heavy (non-hydrogen) atoms. The van der Waals surface area contributed by atoms with Gasteiger partial charge in [-0.05, 0) is 16.8 Å². The lowest BCUT2D eigenvalue weighted by Crippen LogP contribution is -1.98. The molecule has 2 aromatic carbocycles. The fourth-order valence-electron chi connectivity index (χ4n) is 2.07. The topological polar surface area (TPSA) is 55.5 Å². The molecule has 0 atom stereocenters. The number of ether oxygens (including phenoxy) is 1. The van der Waals surface area contributed by atoms with Crippen LogP contribution in [0.3, 0.4) is 0 Å². The Labute approximate surface area is 110 Å². The van der Waals surface area contributed by atoms with Gasteiger partial charge in [-0.25, -0.2) is 0 Å². The molecular weight excluding hydrogens is 242 g/mol. The Hall–Kier alpha value is -2.33. The van der Waals surface area contributed by atoms with Crippen molar-refractivity contribution < 1.29 is 14.4 Å². The maximum absolute atomic E-state index is 9.56. The molecule has 1 N–H and O–H groups in total. The average molecular weight is 255 g/mol. The Morgan fingerprint density at radius 2 is 2.05 bits per heavy atom. The lowest BCUT2D eigenvalue weighted by atomic mass is 10.0. The van der Waals surface area contributed by atoms with E-state index < -0.39 is 0 Å². The Bertz CT molecular complexity index is 677. The molecule has 0 aliphatic heterocycles. The normalized spacial score (nSPS) is 10.8. The highest BCUT2D eigenvalue weighted by Crippen LogP contribution is 2.28. The van der Waals surface area contributed by atoms with E-state index in [4.69, 9.17) is 9.26 Å². The van der Waals surface area contributed by atoms with Crippen LogP contribution >= 0.6 is 0 Å². The summed E-state index contributed by atoms with van der Waals surface area (Å²) in [7, 11) is 0. The second-order valence-electron chi connectivity index (χ2n) is 4.24. The van der Waals surface area contributed by atoms with E-state index in [0.717, 1.165) is 21.9 Å². The maximum atomic E-state index is 9.56. The fourth-order valence-corrected chi connectivity index (χ4v) is 2.07. The molecule has 0 amide bonds. The molecule has 1 aromatic heterocycles. The number of rotatable bonds is 4. The molecule has 0 aliphatic rings. The van der Waals surface area contributed by atoms with E-state index in [2.05, 4.69) is 5.16 Å². The van der Waals surface area contributed by atoms with Crippen LogP contribution in [0.1, 0.15) is 11.1 Å². The molecule has 0 aliphatic carbocycles. The first kappa shape index (κ1) is 11.7. The predicted molar refractivity (Wildman–Crippen MR) is 70.7 cm³/mol. The number of aliphatic hydroxyl groups excluding tert-OH is 1. The van der Waals surface area contributed by atoms with Crippen molar-refractivity contribution >= 4 is 10.8 Å². The van der Waals surface area contributed by atoms with Crippen LogP contribution in [0.5, 0.6) is 5.75 Å². The van der Waals surface area contributed by atoms with Crippen LogP contribution in [-0.4, -0.2) is 10.3 Å². The number of aromatic nitrogens is 1. The first-order valence-electron chi connectivity index (χ1n) is 6.01. The number of hydrogen-bond acceptors (Lipinski definition) is 4. The van der Waals surface area contributed by atoms with Crippen molar-refractivity contribution in [3.8, 4) is 5.75 Å². The molecule has 0 spiro atoms. The van der Waals surface area contributed by atoms with Gasteiger partial charge in [0.15, 0.2) is 0 Å². The van der Waals surface area contributed by atoms with E-state index in [1.54, 1.807) is 12.5 Å². The Kier molecular flexibility index (Phi) is 3.16. The zero-order valence-electron chi connectivity index (χ0n) is 10.2. The third-order valence-corrected chi connectivity index (χ3v) is 3.03. The second kappa shape index (κ2) is 5.12. The van der Waals surface area contributed by atoms with Gasteiger partial charge in [-0.2, -0.15) is 0 Å². The van der Waals surface area contributed by atoms with Gasteiger partial charge in [0.25, 0.3) is 0 Å². The first-order valence-corrected chi connectivity index (χ1v) is 6.01. The predicted octanol–water partition coefficient (Wildman–Crippen LogP) is 2.90. The molecule has 1 heterocycles. The molecule has 3 rings (SSSR count). The monoisotopic (exact) mass is 255 g/mol. The molecule has 96 valence electrons.